The summed E-state index contributed by atoms with van der Waals surface area (Å²) in [5.41, 5.74) is 2.06. The van der Waals surface area contributed by atoms with Gasteiger partial charge in [0, 0.05) is 24.6 Å². The molecule has 11 heteroatoms. The van der Waals surface area contributed by atoms with E-state index in [0.717, 1.165) is 0 Å². The molecular formula is C22H27FN3O6S-. The average Bonchev–Trinajstić information content (AvgIpc) is 2.71. The van der Waals surface area contributed by atoms with E-state index in [9.17, 15) is 28.2 Å². The molecule has 3 N–H and O–H groups in total. The Morgan fingerprint density at radius 3 is 2.42 bits per heavy atom. The van der Waals surface area contributed by atoms with Crippen molar-refractivity contribution in [2.45, 2.75) is 44.8 Å². The molecule has 0 aliphatic rings. The largest absolute Gasteiger partial charge is 0.771 e. The molecule has 0 spiro atoms. The van der Waals surface area contributed by atoms with Gasteiger partial charge in [-0.2, -0.15) is 0 Å². The molecule has 180 valence electrons. The number of aliphatic carboxylic acids is 1. The molecule has 1 aromatic heterocycles. The highest BCUT2D eigenvalue weighted by atomic mass is 32.2. The lowest BCUT2D eigenvalue weighted by Crippen LogP contribution is -2.25. The smallest absolute Gasteiger partial charge is 0.305 e. The van der Waals surface area contributed by atoms with E-state index in [1.54, 1.807) is 6.08 Å². The molecular weight excluding hydrogens is 453 g/mol. The number of hydrogen-bond donors (Lipinski definition) is 3. The van der Waals surface area contributed by atoms with E-state index in [4.69, 9.17) is 5.11 Å². The van der Waals surface area contributed by atoms with E-state index in [1.165, 1.54) is 42.3 Å². The van der Waals surface area contributed by atoms with Crippen LogP contribution >= 0.6 is 0 Å². The number of anilines is 1. The van der Waals surface area contributed by atoms with Crippen LogP contribution in [0.1, 0.15) is 43.9 Å². The number of aliphatic hydroxyl groups is 2. The summed E-state index contributed by atoms with van der Waals surface area (Å²) in [6, 6.07) is 5.60. The molecule has 0 saturated heterocycles. The van der Waals surface area contributed by atoms with Gasteiger partial charge in [-0.15, -0.1) is 0 Å². The third-order valence-corrected chi connectivity index (χ3v) is 5.28. The SMILES string of the molecule is CC(C)c1nc(N(C)CS(=O)[O-])nc(-c2ccc(F)cc2)c1/C=C/[C@@H](O)C[C@@H](O)CC(=O)O. The van der Waals surface area contributed by atoms with Crippen molar-refractivity contribution >= 4 is 29.1 Å². The normalized spacial score (nSPS) is 14.4. The topological polar surface area (TPSA) is 147 Å². The zero-order chi connectivity index (χ0) is 24.7. The van der Waals surface area contributed by atoms with Crippen molar-refractivity contribution in [3.63, 3.8) is 0 Å². The van der Waals surface area contributed by atoms with E-state index < -0.39 is 41.5 Å². The maximum atomic E-state index is 13.5. The number of aromatic nitrogens is 2. The van der Waals surface area contributed by atoms with Gasteiger partial charge >= 0.3 is 5.97 Å². The number of rotatable bonds is 11. The molecule has 0 aliphatic heterocycles. The molecule has 1 heterocycles. The number of hydrogen-bond acceptors (Lipinski definition) is 8. The number of nitrogens with zero attached hydrogens (tertiary/aromatic N) is 3. The fourth-order valence-corrected chi connectivity index (χ4v) is 3.57. The van der Waals surface area contributed by atoms with E-state index in [2.05, 4.69) is 9.97 Å². The molecule has 3 atom stereocenters. The van der Waals surface area contributed by atoms with Gasteiger partial charge in [0.1, 0.15) is 5.82 Å². The molecule has 1 aromatic carbocycles. The highest BCUT2D eigenvalue weighted by molar-refractivity contribution is 7.79. The van der Waals surface area contributed by atoms with Crippen LogP contribution in [0.25, 0.3) is 17.3 Å². The number of aliphatic hydroxyl groups excluding tert-OH is 2. The fourth-order valence-electron chi connectivity index (χ4n) is 3.14. The van der Waals surface area contributed by atoms with E-state index in [1.807, 2.05) is 13.8 Å². The molecule has 0 amide bonds. The van der Waals surface area contributed by atoms with Gasteiger partial charge in [0.05, 0.1) is 35.9 Å². The predicted octanol–water partition coefficient (Wildman–Crippen LogP) is 2.28. The summed E-state index contributed by atoms with van der Waals surface area (Å²) < 4.78 is 35.8. The van der Waals surface area contributed by atoms with Crippen molar-refractivity contribution in [1.82, 2.24) is 9.97 Å². The molecule has 2 aromatic rings. The first-order chi connectivity index (χ1) is 15.5. The van der Waals surface area contributed by atoms with Crippen molar-refractivity contribution in [2.75, 3.05) is 17.8 Å². The van der Waals surface area contributed by atoms with Crippen LogP contribution in [-0.2, 0) is 15.9 Å². The average molecular weight is 481 g/mol. The lowest BCUT2D eigenvalue weighted by molar-refractivity contribution is -0.139. The van der Waals surface area contributed by atoms with E-state index >= 15 is 0 Å². The second kappa shape index (κ2) is 11.9. The first-order valence-corrected chi connectivity index (χ1v) is 11.4. The van der Waals surface area contributed by atoms with Crippen molar-refractivity contribution in [3.8, 4) is 11.3 Å². The van der Waals surface area contributed by atoms with Gasteiger partial charge in [-0.05, 0) is 41.3 Å². The second-order valence-corrected chi connectivity index (χ2v) is 8.74. The molecule has 1 unspecified atom stereocenters. The van der Waals surface area contributed by atoms with Gasteiger partial charge in [0.25, 0.3) is 0 Å². The molecule has 33 heavy (non-hydrogen) atoms. The maximum absolute atomic E-state index is 13.5. The summed E-state index contributed by atoms with van der Waals surface area (Å²) in [5, 5.41) is 28.8. The minimum absolute atomic E-state index is 0.119. The van der Waals surface area contributed by atoms with Gasteiger partial charge in [-0.25, -0.2) is 14.4 Å². The standard InChI is InChI=1S/C22H28FN3O6S/c1-13(2)20-18(9-8-16(27)10-17(28)11-19(29)30)21(14-4-6-15(23)7-5-14)25-22(24-20)26(3)12-33(31)32/h4-9,13,16-17,27-28H,10-12H2,1-3H3,(H,29,30)(H,31,32)/p-1/b9-8+/t16-,17-/m1/s1. The Kier molecular flexibility index (Phi) is 9.59. The molecule has 0 bridgehead atoms. The molecule has 0 saturated carbocycles. The number of benzene rings is 1. The quantitative estimate of drug-likeness (QED) is 0.412. The van der Waals surface area contributed by atoms with Gasteiger partial charge in [0.15, 0.2) is 0 Å². The Hall–Kier alpha value is -2.73. The third-order valence-electron chi connectivity index (χ3n) is 4.68. The number of halogens is 1. The maximum Gasteiger partial charge on any atom is 0.305 e. The molecule has 2 rings (SSSR count). The Morgan fingerprint density at radius 2 is 1.88 bits per heavy atom. The Balaban J connectivity index is 2.55. The summed E-state index contributed by atoms with van der Waals surface area (Å²) in [4.78, 5) is 21.1. The summed E-state index contributed by atoms with van der Waals surface area (Å²) >= 11 is -2.36. The Labute approximate surface area is 193 Å². The van der Waals surface area contributed by atoms with Crippen LogP contribution in [0.2, 0.25) is 0 Å². The fraction of sp³-hybridized carbons (Fsp3) is 0.409. The Morgan fingerprint density at radius 1 is 1.24 bits per heavy atom. The lowest BCUT2D eigenvalue weighted by atomic mass is 9.97. The first-order valence-electron chi connectivity index (χ1n) is 10.2. The van der Waals surface area contributed by atoms with Gasteiger partial charge in [0.2, 0.25) is 5.95 Å². The van der Waals surface area contributed by atoms with Crippen LogP contribution in [0.4, 0.5) is 10.3 Å². The zero-order valence-electron chi connectivity index (χ0n) is 18.5. The molecule has 0 aliphatic carbocycles. The van der Waals surface area contributed by atoms with Crippen LogP contribution in [0.3, 0.4) is 0 Å². The van der Waals surface area contributed by atoms with Gasteiger partial charge in [-0.1, -0.05) is 26.0 Å². The summed E-state index contributed by atoms with van der Waals surface area (Å²) in [6.45, 7) is 3.77. The van der Waals surface area contributed by atoms with Crippen molar-refractivity contribution in [2.24, 2.45) is 0 Å². The molecule has 9 nitrogen and oxygen atoms in total. The van der Waals surface area contributed by atoms with Crippen LogP contribution in [0, 0.1) is 5.82 Å². The number of carbonyl (C=O) groups is 1. The number of carboxylic acid groups (broad SMARTS) is 1. The first kappa shape index (κ1) is 26.5. The van der Waals surface area contributed by atoms with Crippen LogP contribution in [0.5, 0.6) is 0 Å². The summed E-state index contributed by atoms with van der Waals surface area (Å²) in [5.74, 6) is -1.89. The Bertz CT molecular complexity index is 1020. The van der Waals surface area contributed by atoms with Crippen molar-refractivity contribution in [1.29, 1.82) is 0 Å². The minimum atomic E-state index is -2.36. The van der Waals surface area contributed by atoms with Crippen LogP contribution in [-0.4, -0.2) is 65.2 Å². The second-order valence-electron chi connectivity index (χ2n) is 7.88. The highest BCUT2D eigenvalue weighted by Gasteiger charge is 2.19. The zero-order valence-corrected chi connectivity index (χ0v) is 19.3. The lowest BCUT2D eigenvalue weighted by Gasteiger charge is -2.22. The molecule has 0 radical (unpaired) electrons. The number of carboxylic acids is 1. The van der Waals surface area contributed by atoms with Gasteiger partial charge in [-0.3, -0.25) is 9.00 Å². The van der Waals surface area contributed by atoms with E-state index in [-0.39, 0.29) is 24.2 Å². The summed E-state index contributed by atoms with van der Waals surface area (Å²) in [7, 11) is 1.53. The summed E-state index contributed by atoms with van der Waals surface area (Å²) in [6.07, 6.45) is -0.0497. The van der Waals surface area contributed by atoms with Crippen LogP contribution < -0.4 is 4.90 Å². The monoisotopic (exact) mass is 480 g/mol. The highest BCUT2D eigenvalue weighted by Crippen LogP contribution is 2.31. The van der Waals surface area contributed by atoms with E-state index in [0.29, 0.717) is 22.5 Å². The predicted molar refractivity (Wildman–Crippen MR) is 122 cm³/mol. The third kappa shape index (κ3) is 7.97. The van der Waals surface area contributed by atoms with Crippen LogP contribution in [0.15, 0.2) is 30.3 Å². The van der Waals surface area contributed by atoms with Gasteiger partial charge < -0.3 is 24.8 Å². The molecule has 0 fully saturated rings. The van der Waals surface area contributed by atoms with Crippen molar-refractivity contribution < 1.29 is 33.3 Å². The van der Waals surface area contributed by atoms with Crippen molar-refractivity contribution in [3.05, 3.63) is 47.4 Å². The minimum Gasteiger partial charge on any atom is -0.771 e.